The molecular formula is C35H38ClN3O4S2. The number of nitrogens with zero attached hydrogens (tertiary/aromatic N) is 2. The van der Waals surface area contributed by atoms with Gasteiger partial charge in [-0.3, -0.25) is 13.9 Å². The van der Waals surface area contributed by atoms with Gasteiger partial charge in [-0.2, -0.15) is 0 Å². The molecule has 0 aliphatic rings. The van der Waals surface area contributed by atoms with Gasteiger partial charge in [0.1, 0.15) is 12.6 Å². The number of nitrogens with one attached hydrogen (secondary N) is 1. The van der Waals surface area contributed by atoms with Crippen LogP contribution in [0.4, 0.5) is 5.69 Å². The van der Waals surface area contributed by atoms with Gasteiger partial charge in [-0.05, 0) is 79.3 Å². The molecule has 4 rings (SSSR count). The van der Waals surface area contributed by atoms with E-state index in [1.807, 2.05) is 56.5 Å². The summed E-state index contributed by atoms with van der Waals surface area (Å²) in [5, 5.41) is 3.44. The van der Waals surface area contributed by atoms with E-state index in [1.165, 1.54) is 16.7 Å². The summed E-state index contributed by atoms with van der Waals surface area (Å²) >= 11 is 7.81. The molecule has 0 aliphatic heterocycles. The molecule has 45 heavy (non-hydrogen) atoms. The number of amides is 2. The first kappa shape index (κ1) is 34.1. The molecule has 1 atom stereocenters. The molecular weight excluding hydrogens is 626 g/mol. The minimum atomic E-state index is -4.16. The first-order valence-corrected chi connectivity index (χ1v) is 17.8. The Kier molecular flexibility index (Phi) is 12.1. The van der Waals surface area contributed by atoms with E-state index in [9.17, 15) is 18.0 Å². The lowest BCUT2D eigenvalue weighted by Crippen LogP contribution is -2.53. The number of rotatable bonds is 14. The Morgan fingerprint density at radius 3 is 2.18 bits per heavy atom. The Labute approximate surface area is 275 Å². The fraction of sp³-hybridized carbons (Fsp3) is 0.257. The van der Waals surface area contributed by atoms with Crippen LogP contribution in [0.3, 0.4) is 0 Å². The maximum Gasteiger partial charge on any atom is 0.264 e. The van der Waals surface area contributed by atoms with Crippen molar-refractivity contribution in [2.45, 2.75) is 49.1 Å². The van der Waals surface area contributed by atoms with Crippen molar-refractivity contribution in [3.05, 3.63) is 125 Å². The highest BCUT2D eigenvalue weighted by atomic mass is 35.5. The van der Waals surface area contributed by atoms with E-state index in [0.29, 0.717) is 17.3 Å². The molecule has 0 spiro atoms. The van der Waals surface area contributed by atoms with Crippen LogP contribution in [-0.4, -0.2) is 50.5 Å². The first-order chi connectivity index (χ1) is 21.6. The van der Waals surface area contributed by atoms with Crippen LogP contribution >= 0.6 is 23.4 Å². The van der Waals surface area contributed by atoms with Gasteiger partial charge in [-0.1, -0.05) is 78.7 Å². The zero-order valence-electron chi connectivity index (χ0n) is 25.6. The zero-order valence-corrected chi connectivity index (χ0v) is 28.0. The molecule has 236 valence electrons. The number of hydrogen-bond acceptors (Lipinski definition) is 5. The Bertz CT molecular complexity index is 1680. The Morgan fingerprint density at radius 1 is 0.889 bits per heavy atom. The fourth-order valence-electron chi connectivity index (χ4n) is 4.87. The lowest BCUT2D eigenvalue weighted by molar-refractivity contribution is -0.140. The molecule has 10 heteroatoms. The zero-order chi connectivity index (χ0) is 32.4. The van der Waals surface area contributed by atoms with Gasteiger partial charge >= 0.3 is 0 Å². The van der Waals surface area contributed by atoms with E-state index in [2.05, 4.69) is 5.32 Å². The van der Waals surface area contributed by atoms with Crippen molar-refractivity contribution in [3.63, 3.8) is 0 Å². The molecule has 4 aromatic rings. The minimum Gasteiger partial charge on any atom is -0.354 e. The highest BCUT2D eigenvalue weighted by molar-refractivity contribution is 7.98. The van der Waals surface area contributed by atoms with Gasteiger partial charge in [-0.15, -0.1) is 11.8 Å². The van der Waals surface area contributed by atoms with Crippen molar-refractivity contribution in [1.29, 1.82) is 0 Å². The van der Waals surface area contributed by atoms with Gasteiger partial charge in [0, 0.05) is 29.4 Å². The van der Waals surface area contributed by atoms with Crippen LogP contribution in [0, 0.1) is 6.92 Å². The standard InChI is InChI=1S/C35H38ClN3O4S2/c1-4-21-37-35(41)33(23-27-9-6-5-7-10-27)38(24-28-11-8-12-29(36)22-28)34(40)25-39(30-15-13-26(2)14-16-30)45(42,43)32-19-17-31(44-3)18-20-32/h5-20,22,33H,4,21,23-25H2,1-3H3,(H,37,41)/t33-/m1/s1. The van der Waals surface area contributed by atoms with E-state index >= 15 is 0 Å². The van der Waals surface area contributed by atoms with Gasteiger partial charge in [-0.25, -0.2) is 8.42 Å². The number of thioether (sulfide) groups is 1. The predicted octanol–water partition coefficient (Wildman–Crippen LogP) is 6.73. The summed E-state index contributed by atoms with van der Waals surface area (Å²) in [6, 6.07) is 29.2. The SMILES string of the molecule is CCCNC(=O)[C@@H](Cc1ccccc1)N(Cc1cccc(Cl)c1)C(=O)CN(c1ccc(C)cc1)S(=O)(=O)c1ccc(SC)cc1. The molecule has 0 unspecified atom stereocenters. The number of carbonyl (C=O) groups excluding carboxylic acids is 2. The normalized spacial score (nSPS) is 11.9. The third-order valence-corrected chi connectivity index (χ3v) is 10.1. The van der Waals surface area contributed by atoms with Crippen molar-refractivity contribution in [1.82, 2.24) is 10.2 Å². The molecule has 0 heterocycles. The first-order valence-electron chi connectivity index (χ1n) is 14.7. The molecule has 0 aliphatic carbocycles. The molecule has 0 fully saturated rings. The van der Waals surface area contributed by atoms with Crippen LogP contribution < -0.4 is 9.62 Å². The van der Waals surface area contributed by atoms with Crippen LogP contribution in [0.1, 0.15) is 30.0 Å². The Balaban J connectivity index is 1.79. The summed E-state index contributed by atoms with van der Waals surface area (Å²) in [5.74, 6) is -0.832. The van der Waals surface area contributed by atoms with Crippen LogP contribution in [0.2, 0.25) is 5.02 Å². The van der Waals surface area contributed by atoms with E-state index in [-0.39, 0.29) is 23.8 Å². The lowest BCUT2D eigenvalue weighted by atomic mass is 10.0. The summed E-state index contributed by atoms with van der Waals surface area (Å²) in [4.78, 5) is 30.6. The van der Waals surface area contributed by atoms with Gasteiger partial charge < -0.3 is 10.2 Å². The predicted molar refractivity (Wildman–Crippen MR) is 183 cm³/mol. The largest absolute Gasteiger partial charge is 0.354 e. The summed E-state index contributed by atoms with van der Waals surface area (Å²) in [6.45, 7) is 3.85. The number of hydrogen-bond donors (Lipinski definition) is 1. The number of aryl methyl sites for hydroxylation is 1. The fourth-order valence-corrected chi connectivity index (χ4v) is 6.90. The van der Waals surface area contributed by atoms with Gasteiger partial charge in [0.25, 0.3) is 10.0 Å². The minimum absolute atomic E-state index is 0.0562. The van der Waals surface area contributed by atoms with E-state index in [4.69, 9.17) is 11.6 Å². The molecule has 0 radical (unpaired) electrons. The average Bonchev–Trinajstić information content (AvgIpc) is 3.05. The van der Waals surface area contributed by atoms with Crippen molar-refractivity contribution < 1.29 is 18.0 Å². The second-order valence-corrected chi connectivity index (χ2v) is 13.8. The van der Waals surface area contributed by atoms with Crippen molar-refractivity contribution in [3.8, 4) is 0 Å². The van der Waals surface area contributed by atoms with Crippen LogP contribution in [0.25, 0.3) is 0 Å². The number of sulfonamides is 1. The molecule has 0 saturated heterocycles. The molecule has 7 nitrogen and oxygen atoms in total. The number of halogens is 1. The second kappa shape index (κ2) is 16.0. The topological polar surface area (TPSA) is 86.8 Å². The molecule has 0 saturated carbocycles. The summed E-state index contributed by atoms with van der Waals surface area (Å²) in [6.07, 6.45) is 2.88. The highest BCUT2D eigenvalue weighted by Crippen LogP contribution is 2.27. The van der Waals surface area contributed by atoms with Crippen molar-refractivity contribution >= 4 is 50.9 Å². The second-order valence-electron chi connectivity index (χ2n) is 10.7. The molecule has 4 aromatic carbocycles. The monoisotopic (exact) mass is 663 g/mol. The Morgan fingerprint density at radius 2 is 1.56 bits per heavy atom. The van der Waals surface area contributed by atoms with Crippen LogP contribution in [0.5, 0.6) is 0 Å². The third-order valence-electron chi connectivity index (χ3n) is 7.31. The van der Waals surface area contributed by atoms with Crippen LogP contribution in [0.15, 0.2) is 113 Å². The number of anilines is 1. The van der Waals surface area contributed by atoms with E-state index in [0.717, 1.165) is 32.3 Å². The van der Waals surface area contributed by atoms with Crippen molar-refractivity contribution in [2.24, 2.45) is 0 Å². The lowest BCUT2D eigenvalue weighted by Gasteiger charge is -2.34. The van der Waals surface area contributed by atoms with Crippen LogP contribution in [-0.2, 0) is 32.6 Å². The summed E-state index contributed by atoms with van der Waals surface area (Å²) in [7, 11) is -4.16. The smallest absolute Gasteiger partial charge is 0.264 e. The number of carbonyl (C=O) groups is 2. The summed E-state index contributed by atoms with van der Waals surface area (Å²) in [5.41, 5.74) is 2.88. The third kappa shape index (κ3) is 9.12. The average molecular weight is 664 g/mol. The van der Waals surface area contributed by atoms with E-state index < -0.39 is 28.5 Å². The summed E-state index contributed by atoms with van der Waals surface area (Å²) < 4.78 is 29.5. The maximum atomic E-state index is 14.5. The van der Waals surface area contributed by atoms with Gasteiger partial charge in [0.2, 0.25) is 11.8 Å². The highest BCUT2D eigenvalue weighted by Gasteiger charge is 2.34. The molecule has 1 N–H and O–H groups in total. The van der Waals surface area contributed by atoms with Crippen molar-refractivity contribution in [2.75, 3.05) is 23.7 Å². The van der Waals surface area contributed by atoms with Gasteiger partial charge in [0.05, 0.1) is 10.6 Å². The molecule has 2 amide bonds. The number of benzene rings is 4. The van der Waals surface area contributed by atoms with E-state index in [1.54, 1.807) is 66.7 Å². The molecule has 0 aromatic heterocycles. The maximum absolute atomic E-state index is 14.5. The van der Waals surface area contributed by atoms with Gasteiger partial charge in [0.15, 0.2) is 0 Å². The quantitative estimate of drug-likeness (QED) is 0.151. The molecule has 0 bridgehead atoms. The Hall–Kier alpha value is -3.79.